The lowest BCUT2D eigenvalue weighted by atomic mass is 10.2. The van der Waals surface area contributed by atoms with E-state index in [1.54, 1.807) is 18.2 Å². The van der Waals surface area contributed by atoms with Crippen LogP contribution >= 0.6 is 15.9 Å². The molecule has 0 atom stereocenters. The highest BCUT2D eigenvalue weighted by Gasteiger charge is 2.14. The molecule has 0 aliphatic heterocycles. The molecule has 0 bridgehead atoms. The van der Waals surface area contributed by atoms with Gasteiger partial charge in [0.1, 0.15) is 12.4 Å². The highest BCUT2D eigenvalue weighted by molar-refractivity contribution is 9.10. The van der Waals surface area contributed by atoms with E-state index in [4.69, 9.17) is 0 Å². The van der Waals surface area contributed by atoms with E-state index in [9.17, 15) is 9.59 Å². The fraction of sp³-hybridized carbons (Fsp3) is 0.211. The van der Waals surface area contributed by atoms with Crippen molar-refractivity contribution in [2.75, 3.05) is 10.6 Å². The van der Waals surface area contributed by atoms with Gasteiger partial charge in [-0.2, -0.15) is 0 Å². The summed E-state index contributed by atoms with van der Waals surface area (Å²) in [6.07, 6.45) is 0.732. The van der Waals surface area contributed by atoms with Gasteiger partial charge in [0.25, 0.3) is 0 Å². The summed E-state index contributed by atoms with van der Waals surface area (Å²) < 4.78 is 2.73. The van der Waals surface area contributed by atoms with E-state index in [-0.39, 0.29) is 18.4 Å². The summed E-state index contributed by atoms with van der Waals surface area (Å²) in [5.41, 5.74) is 2.90. The molecule has 0 saturated carbocycles. The largest absolute Gasteiger partial charge is 0.325 e. The number of imidazole rings is 1. The Hall–Kier alpha value is -2.67. The summed E-state index contributed by atoms with van der Waals surface area (Å²) in [6.45, 7) is 3.59. The standard InChI is InChI=1S/C19H19BrN4O2/c1-3-18-22-15-6-4-5-7-17(15)24(18)11-19(26)23-16-10-13(20)8-9-14(16)21-12(2)25/h4-10H,3,11H2,1-2H3,(H,21,25)(H,23,26). The van der Waals surface area contributed by atoms with Crippen molar-refractivity contribution in [3.05, 3.63) is 52.8 Å². The highest BCUT2D eigenvalue weighted by atomic mass is 79.9. The minimum absolute atomic E-state index is 0.149. The van der Waals surface area contributed by atoms with Gasteiger partial charge in [-0.05, 0) is 30.3 Å². The highest BCUT2D eigenvalue weighted by Crippen LogP contribution is 2.26. The Labute approximate surface area is 159 Å². The van der Waals surface area contributed by atoms with E-state index in [1.165, 1.54) is 6.92 Å². The van der Waals surface area contributed by atoms with Crippen LogP contribution in [0.4, 0.5) is 11.4 Å². The molecular formula is C19H19BrN4O2. The van der Waals surface area contributed by atoms with Crippen molar-refractivity contribution in [3.63, 3.8) is 0 Å². The zero-order chi connectivity index (χ0) is 18.7. The average Bonchev–Trinajstić information content (AvgIpc) is 2.95. The lowest BCUT2D eigenvalue weighted by molar-refractivity contribution is -0.117. The summed E-state index contributed by atoms with van der Waals surface area (Å²) in [5.74, 6) is 0.474. The Kier molecular flexibility index (Phi) is 5.37. The minimum atomic E-state index is -0.198. The summed E-state index contributed by atoms with van der Waals surface area (Å²) in [6, 6.07) is 13.1. The Morgan fingerprint density at radius 1 is 1.12 bits per heavy atom. The van der Waals surface area contributed by atoms with Crippen LogP contribution in [0.5, 0.6) is 0 Å². The second-order valence-electron chi connectivity index (χ2n) is 5.88. The van der Waals surface area contributed by atoms with Crippen molar-refractivity contribution in [3.8, 4) is 0 Å². The monoisotopic (exact) mass is 414 g/mol. The normalized spacial score (nSPS) is 10.7. The van der Waals surface area contributed by atoms with Crippen LogP contribution in [-0.4, -0.2) is 21.4 Å². The van der Waals surface area contributed by atoms with Crippen LogP contribution in [0.1, 0.15) is 19.7 Å². The van der Waals surface area contributed by atoms with Gasteiger partial charge >= 0.3 is 0 Å². The zero-order valence-electron chi connectivity index (χ0n) is 14.5. The van der Waals surface area contributed by atoms with E-state index in [1.807, 2.05) is 35.8 Å². The first-order valence-electron chi connectivity index (χ1n) is 8.29. The second-order valence-corrected chi connectivity index (χ2v) is 6.79. The Morgan fingerprint density at radius 3 is 2.62 bits per heavy atom. The van der Waals surface area contributed by atoms with E-state index in [0.717, 1.165) is 27.8 Å². The molecule has 0 aliphatic carbocycles. The second kappa shape index (κ2) is 7.70. The molecule has 0 spiro atoms. The van der Waals surface area contributed by atoms with Gasteiger partial charge in [0, 0.05) is 17.8 Å². The molecule has 26 heavy (non-hydrogen) atoms. The Morgan fingerprint density at radius 2 is 1.88 bits per heavy atom. The number of rotatable bonds is 5. The fourth-order valence-corrected chi connectivity index (χ4v) is 3.18. The molecule has 1 aromatic heterocycles. The number of hydrogen-bond acceptors (Lipinski definition) is 3. The van der Waals surface area contributed by atoms with E-state index >= 15 is 0 Å². The van der Waals surface area contributed by atoms with Crippen LogP contribution < -0.4 is 10.6 Å². The summed E-state index contributed by atoms with van der Waals surface area (Å²) in [4.78, 5) is 28.6. The molecule has 0 radical (unpaired) electrons. The molecule has 0 unspecified atom stereocenters. The Balaban J connectivity index is 1.86. The quantitative estimate of drug-likeness (QED) is 0.663. The van der Waals surface area contributed by atoms with Gasteiger partial charge in [-0.25, -0.2) is 4.98 Å². The number of carbonyl (C=O) groups is 2. The van der Waals surface area contributed by atoms with Gasteiger partial charge in [-0.3, -0.25) is 9.59 Å². The smallest absolute Gasteiger partial charge is 0.244 e. The summed E-state index contributed by atoms with van der Waals surface area (Å²) in [7, 11) is 0. The van der Waals surface area contributed by atoms with Crippen molar-refractivity contribution in [2.45, 2.75) is 26.8 Å². The molecule has 0 fully saturated rings. The maximum absolute atomic E-state index is 12.7. The number of aromatic nitrogens is 2. The van der Waals surface area contributed by atoms with Crippen molar-refractivity contribution >= 4 is 50.2 Å². The first-order valence-corrected chi connectivity index (χ1v) is 9.08. The number of benzene rings is 2. The average molecular weight is 415 g/mol. The molecule has 2 amide bonds. The fourth-order valence-electron chi connectivity index (χ4n) is 2.82. The third-order valence-electron chi connectivity index (χ3n) is 3.92. The third-order valence-corrected chi connectivity index (χ3v) is 4.41. The lowest BCUT2D eigenvalue weighted by Crippen LogP contribution is -2.21. The van der Waals surface area contributed by atoms with Crippen LogP contribution in [0.2, 0.25) is 0 Å². The number of fused-ring (bicyclic) bond motifs is 1. The molecule has 6 nitrogen and oxygen atoms in total. The van der Waals surface area contributed by atoms with E-state index in [0.29, 0.717) is 11.4 Å². The summed E-state index contributed by atoms with van der Waals surface area (Å²) in [5, 5.41) is 5.60. The van der Waals surface area contributed by atoms with Crippen LogP contribution in [0, 0.1) is 0 Å². The number of carbonyl (C=O) groups excluding carboxylic acids is 2. The molecule has 0 saturated heterocycles. The predicted molar refractivity (Wildman–Crippen MR) is 106 cm³/mol. The molecule has 2 N–H and O–H groups in total. The number of nitrogens with zero attached hydrogens (tertiary/aromatic N) is 2. The SMILES string of the molecule is CCc1nc2ccccc2n1CC(=O)Nc1cc(Br)ccc1NC(C)=O. The maximum atomic E-state index is 12.7. The number of anilines is 2. The van der Waals surface area contributed by atoms with Crippen LogP contribution in [0.25, 0.3) is 11.0 Å². The van der Waals surface area contributed by atoms with Gasteiger partial charge in [0.15, 0.2) is 0 Å². The molecule has 1 heterocycles. The molecule has 3 rings (SSSR count). The van der Waals surface area contributed by atoms with Gasteiger partial charge < -0.3 is 15.2 Å². The number of halogens is 1. The lowest BCUT2D eigenvalue weighted by Gasteiger charge is -2.13. The van der Waals surface area contributed by atoms with E-state index in [2.05, 4.69) is 31.5 Å². The zero-order valence-corrected chi connectivity index (χ0v) is 16.1. The minimum Gasteiger partial charge on any atom is -0.325 e. The van der Waals surface area contributed by atoms with Crippen molar-refractivity contribution < 1.29 is 9.59 Å². The Bertz CT molecular complexity index is 981. The van der Waals surface area contributed by atoms with Crippen molar-refractivity contribution in [1.82, 2.24) is 9.55 Å². The predicted octanol–water partition coefficient (Wildman–Crippen LogP) is 3.96. The number of aryl methyl sites for hydroxylation is 1. The molecule has 2 aromatic carbocycles. The van der Waals surface area contributed by atoms with Crippen molar-refractivity contribution in [2.24, 2.45) is 0 Å². The van der Waals surface area contributed by atoms with Crippen molar-refractivity contribution in [1.29, 1.82) is 0 Å². The summed E-state index contributed by atoms with van der Waals surface area (Å²) >= 11 is 3.39. The molecule has 134 valence electrons. The first-order chi connectivity index (χ1) is 12.5. The van der Waals surface area contributed by atoms with Gasteiger partial charge in [-0.1, -0.05) is 35.0 Å². The van der Waals surface area contributed by atoms with Crippen LogP contribution in [0.15, 0.2) is 46.9 Å². The third kappa shape index (κ3) is 3.94. The van der Waals surface area contributed by atoms with Crippen LogP contribution in [0.3, 0.4) is 0 Å². The van der Waals surface area contributed by atoms with Gasteiger partial charge in [0.2, 0.25) is 11.8 Å². The number of nitrogens with one attached hydrogen (secondary N) is 2. The van der Waals surface area contributed by atoms with Gasteiger partial charge in [0.05, 0.1) is 22.4 Å². The topological polar surface area (TPSA) is 76.0 Å². The number of hydrogen-bond donors (Lipinski definition) is 2. The van der Waals surface area contributed by atoms with E-state index < -0.39 is 0 Å². The molecule has 7 heteroatoms. The molecule has 0 aliphatic rings. The molecular weight excluding hydrogens is 396 g/mol. The molecule has 3 aromatic rings. The first kappa shape index (κ1) is 18.1. The van der Waals surface area contributed by atoms with Crippen LogP contribution in [-0.2, 0) is 22.6 Å². The maximum Gasteiger partial charge on any atom is 0.244 e. The number of para-hydroxylation sites is 2. The van der Waals surface area contributed by atoms with Gasteiger partial charge in [-0.15, -0.1) is 0 Å². The number of amides is 2.